The minimum atomic E-state index is -0.728. The average molecular weight is 220 g/mol. The Morgan fingerprint density at radius 2 is 1.88 bits per heavy atom. The fourth-order valence-corrected chi connectivity index (χ4v) is 1.94. The van der Waals surface area contributed by atoms with Gasteiger partial charge in [-0.25, -0.2) is 0 Å². The van der Waals surface area contributed by atoms with Crippen molar-refractivity contribution in [3.8, 4) is 0 Å². The largest absolute Gasteiger partial charge is 0.481 e. The normalized spacial score (nSPS) is 11.5. The van der Waals surface area contributed by atoms with E-state index in [4.69, 9.17) is 5.11 Å². The molecule has 88 valence electrons. The fourth-order valence-electron chi connectivity index (χ4n) is 1.94. The van der Waals surface area contributed by atoms with Gasteiger partial charge in [0.05, 0.1) is 6.42 Å². The van der Waals surface area contributed by atoms with Crippen LogP contribution in [0.25, 0.3) is 0 Å². The number of carboxylic acid groups (broad SMARTS) is 1. The zero-order valence-electron chi connectivity index (χ0n) is 10.5. The van der Waals surface area contributed by atoms with E-state index >= 15 is 0 Å². The van der Waals surface area contributed by atoms with Gasteiger partial charge in [-0.3, -0.25) is 4.79 Å². The maximum atomic E-state index is 10.7. The molecule has 0 heterocycles. The molecule has 0 radical (unpaired) electrons. The van der Waals surface area contributed by atoms with Gasteiger partial charge in [-0.2, -0.15) is 0 Å². The maximum absolute atomic E-state index is 10.7. The molecule has 1 N–H and O–H groups in total. The van der Waals surface area contributed by atoms with E-state index in [9.17, 15) is 4.79 Å². The van der Waals surface area contributed by atoms with Gasteiger partial charge in [0, 0.05) is 0 Å². The lowest BCUT2D eigenvalue weighted by atomic mass is 9.82. The van der Waals surface area contributed by atoms with Crippen molar-refractivity contribution in [1.82, 2.24) is 0 Å². The zero-order valence-corrected chi connectivity index (χ0v) is 10.5. The molecule has 1 rings (SSSR count). The molecule has 0 aliphatic heterocycles. The van der Waals surface area contributed by atoms with Crippen molar-refractivity contribution in [1.29, 1.82) is 0 Å². The predicted octanol–water partition coefficient (Wildman–Crippen LogP) is 3.35. The molecule has 0 bridgehead atoms. The van der Waals surface area contributed by atoms with Crippen molar-refractivity contribution in [2.75, 3.05) is 0 Å². The molecule has 0 aliphatic carbocycles. The number of aliphatic carboxylic acids is 1. The van der Waals surface area contributed by atoms with Crippen LogP contribution >= 0.6 is 0 Å². The third-order valence-corrected chi connectivity index (χ3v) is 2.88. The molecule has 0 fully saturated rings. The topological polar surface area (TPSA) is 37.3 Å². The van der Waals surface area contributed by atoms with Gasteiger partial charge in [-0.1, -0.05) is 32.0 Å². The van der Waals surface area contributed by atoms with Crippen LogP contribution in [0, 0.1) is 19.3 Å². The molecule has 1 aromatic rings. The highest BCUT2D eigenvalue weighted by molar-refractivity contribution is 5.67. The van der Waals surface area contributed by atoms with Crippen LogP contribution in [0.5, 0.6) is 0 Å². The molecule has 16 heavy (non-hydrogen) atoms. The molecule has 2 nitrogen and oxygen atoms in total. The second-order valence-electron chi connectivity index (χ2n) is 5.33. The highest BCUT2D eigenvalue weighted by atomic mass is 16.4. The van der Waals surface area contributed by atoms with Crippen LogP contribution in [-0.4, -0.2) is 11.1 Å². The van der Waals surface area contributed by atoms with Crippen molar-refractivity contribution in [2.24, 2.45) is 5.41 Å². The first-order valence-corrected chi connectivity index (χ1v) is 5.58. The lowest BCUT2D eigenvalue weighted by Gasteiger charge is -2.22. The molecule has 0 saturated carbocycles. The minimum absolute atomic E-state index is 0.187. The molecule has 0 saturated heterocycles. The molecular formula is C14H20O2. The first-order chi connectivity index (χ1) is 7.30. The summed E-state index contributed by atoms with van der Waals surface area (Å²) in [5.41, 5.74) is 3.57. The van der Waals surface area contributed by atoms with Gasteiger partial charge in [0.25, 0.3) is 0 Å². The summed E-state index contributed by atoms with van der Waals surface area (Å²) >= 11 is 0. The predicted molar refractivity (Wildman–Crippen MR) is 65.7 cm³/mol. The van der Waals surface area contributed by atoms with E-state index in [0.717, 1.165) is 6.42 Å². The smallest absolute Gasteiger partial charge is 0.303 e. The van der Waals surface area contributed by atoms with Crippen LogP contribution in [0.15, 0.2) is 18.2 Å². The summed E-state index contributed by atoms with van der Waals surface area (Å²) in [6.45, 7) is 8.16. The van der Waals surface area contributed by atoms with Crippen molar-refractivity contribution >= 4 is 5.97 Å². The Morgan fingerprint density at radius 3 is 2.38 bits per heavy atom. The summed E-state index contributed by atoms with van der Waals surface area (Å²) in [5, 5.41) is 8.83. The van der Waals surface area contributed by atoms with Crippen molar-refractivity contribution in [3.05, 3.63) is 34.9 Å². The number of benzene rings is 1. The average Bonchev–Trinajstić information content (AvgIpc) is 2.08. The monoisotopic (exact) mass is 220 g/mol. The second kappa shape index (κ2) is 4.69. The van der Waals surface area contributed by atoms with E-state index in [-0.39, 0.29) is 11.8 Å². The maximum Gasteiger partial charge on any atom is 0.303 e. The lowest BCUT2D eigenvalue weighted by Crippen LogP contribution is -2.19. The number of carboxylic acids is 1. The summed E-state index contributed by atoms with van der Waals surface area (Å²) in [6, 6.07) is 6.34. The lowest BCUT2D eigenvalue weighted by molar-refractivity contribution is -0.139. The van der Waals surface area contributed by atoms with Crippen LogP contribution < -0.4 is 0 Å². The van der Waals surface area contributed by atoms with Crippen LogP contribution in [0.3, 0.4) is 0 Å². The molecule has 0 amide bonds. The van der Waals surface area contributed by atoms with Crippen LogP contribution in [-0.2, 0) is 11.2 Å². The number of carbonyl (C=O) groups is 1. The number of hydrogen-bond acceptors (Lipinski definition) is 1. The van der Waals surface area contributed by atoms with E-state index in [1.54, 1.807) is 0 Å². The van der Waals surface area contributed by atoms with Gasteiger partial charge in [0.15, 0.2) is 0 Å². The first kappa shape index (κ1) is 12.8. The Bertz CT molecular complexity index is 392. The summed E-state index contributed by atoms with van der Waals surface area (Å²) in [4.78, 5) is 10.7. The van der Waals surface area contributed by atoms with E-state index in [1.165, 1.54) is 16.7 Å². The Kier molecular flexibility index (Phi) is 3.74. The van der Waals surface area contributed by atoms with Crippen LogP contribution in [0.1, 0.15) is 37.0 Å². The van der Waals surface area contributed by atoms with Crippen LogP contribution in [0.2, 0.25) is 0 Å². The van der Waals surface area contributed by atoms with E-state index in [2.05, 4.69) is 32.0 Å². The standard InChI is InChI=1S/C14H20O2/c1-10-5-6-12(7-11(10)2)8-14(3,4)9-13(15)16/h5-7H,8-9H2,1-4H3,(H,15,16). The Balaban J connectivity index is 2.79. The molecule has 0 aliphatic rings. The minimum Gasteiger partial charge on any atom is -0.481 e. The Hall–Kier alpha value is -1.31. The van der Waals surface area contributed by atoms with Crippen molar-refractivity contribution in [2.45, 2.75) is 40.5 Å². The third kappa shape index (κ3) is 3.69. The molecule has 0 atom stereocenters. The van der Waals surface area contributed by atoms with Gasteiger partial charge in [0.1, 0.15) is 0 Å². The SMILES string of the molecule is Cc1ccc(CC(C)(C)CC(=O)O)cc1C. The van der Waals surface area contributed by atoms with E-state index in [1.807, 2.05) is 13.8 Å². The van der Waals surface area contributed by atoms with Crippen molar-refractivity contribution in [3.63, 3.8) is 0 Å². The highest BCUT2D eigenvalue weighted by Gasteiger charge is 2.22. The molecule has 2 heteroatoms. The third-order valence-electron chi connectivity index (χ3n) is 2.88. The van der Waals surface area contributed by atoms with Gasteiger partial charge in [-0.05, 0) is 42.4 Å². The van der Waals surface area contributed by atoms with Gasteiger partial charge >= 0.3 is 5.97 Å². The summed E-state index contributed by atoms with van der Waals surface area (Å²) in [7, 11) is 0. The summed E-state index contributed by atoms with van der Waals surface area (Å²) < 4.78 is 0. The van der Waals surface area contributed by atoms with Gasteiger partial charge in [0.2, 0.25) is 0 Å². The fraction of sp³-hybridized carbons (Fsp3) is 0.500. The van der Waals surface area contributed by atoms with Crippen LogP contribution in [0.4, 0.5) is 0 Å². The van der Waals surface area contributed by atoms with Gasteiger partial charge in [-0.15, -0.1) is 0 Å². The van der Waals surface area contributed by atoms with E-state index in [0.29, 0.717) is 0 Å². The molecule has 0 aromatic heterocycles. The van der Waals surface area contributed by atoms with Crippen molar-refractivity contribution < 1.29 is 9.90 Å². The number of hydrogen-bond donors (Lipinski definition) is 1. The quantitative estimate of drug-likeness (QED) is 0.845. The molecular weight excluding hydrogens is 200 g/mol. The molecule has 1 aromatic carbocycles. The zero-order chi connectivity index (χ0) is 12.3. The number of rotatable bonds is 4. The second-order valence-corrected chi connectivity index (χ2v) is 5.33. The molecule has 0 unspecified atom stereocenters. The summed E-state index contributed by atoms with van der Waals surface area (Å²) in [6.07, 6.45) is 1.01. The first-order valence-electron chi connectivity index (χ1n) is 5.58. The van der Waals surface area contributed by atoms with E-state index < -0.39 is 5.97 Å². The highest BCUT2D eigenvalue weighted by Crippen LogP contribution is 2.26. The number of aryl methyl sites for hydroxylation is 2. The summed E-state index contributed by atoms with van der Waals surface area (Å²) in [5.74, 6) is -0.728. The Labute approximate surface area is 97.3 Å². The molecule has 0 spiro atoms. The Morgan fingerprint density at radius 1 is 1.25 bits per heavy atom. The van der Waals surface area contributed by atoms with Gasteiger partial charge < -0.3 is 5.11 Å².